The number of nitrogens with one attached hydrogen (secondary N) is 1. The van der Waals surface area contributed by atoms with Crippen LogP contribution in [0.1, 0.15) is 32.0 Å². The predicted octanol–water partition coefficient (Wildman–Crippen LogP) is 0.641. The third kappa shape index (κ3) is 3.03. The van der Waals surface area contributed by atoms with E-state index in [-0.39, 0.29) is 5.92 Å². The second kappa shape index (κ2) is 5.27. The molecule has 1 saturated carbocycles. The Hall–Kier alpha value is -1.43. The Labute approximate surface area is 100 Å². The molecule has 1 aliphatic rings. The fourth-order valence-corrected chi connectivity index (χ4v) is 1.91. The smallest absolute Gasteiger partial charge is 0.320 e. The van der Waals surface area contributed by atoms with Crippen LogP contribution in [-0.2, 0) is 17.9 Å². The number of carboxylic acid groups (broad SMARTS) is 1. The Morgan fingerprint density at radius 1 is 1.71 bits per heavy atom. The maximum atomic E-state index is 11.0. The minimum atomic E-state index is -0.769. The quantitative estimate of drug-likeness (QED) is 0.728. The van der Waals surface area contributed by atoms with Crippen molar-refractivity contribution in [1.82, 2.24) is 20.1 Å². The third-order valence-electron chi connectivity index (χ3n) is 2.97. The van der Waals surface area contributed by atoms with Crippen molar-refractivity contribution >= 4 is 5.97 Å². The Morgan fingerprint density at radius 2 is 2.47 bits per heavy atom. The summed E-state index contributed by atoms with van der Waals surface area (Å²) in [6.45, 7) is 3.36. The van der Waals surface area contributed by atoms with E-state index in [0.29, 0.717) is 6.54 Å². The normalized spacial score (nSPS) is 17.0. The first-order valence-corrected chi connectivity index (χ1v) is 6.05. The van der Waals surface area contributed by atoms with Crippen LogP contribution in [0.25, 0.3) is 0 Å². The molecule has 0 saturated heterocycles. The van der Waals surface area contributed by atoms with Crippen LogP contribution in [0.3, 0.4) is 0 Å². The van der Waals surface area contributed by atoms with E-state index in [1.165, 1.54) is 6.33 Å². The molecule has 0 aromatic carbocycles. The Morgan fingerprint density at radius 3 is 3.06 bits per heavy atom. The average Bonchev–Trinajstić information content (AvgIpc) is 3.02. The lowest BCUT2D eigenvalue weighted by Crippen LogP contribution is -2.38. The van der Waals surface area contributed by atoms with Crippen molar-refractivity contribution in [3.8, 4) is 0 Å². The monoisotopic (exact) mass is 238 g/mol. The Kier molecular flexibility index (Phi) is 3.73. The van der Waals surface area contributed by atoms with E-state index >= 15 is 0 Å². The van der Waals surface area contributed by atoms with Gasteiger partial charge < -0.3 is 5.11 Å². The van der Waals surface area contributed by atoms with Gasteiger partial charge in [-0.05, 0) is 25.2 Å². The number of aliphatic carboxylic acids is 1. The molecule has 0 bridgehead atoms. The number of carboxylic acids is 1. The topological polar surface area (TPSA) is 80.0 Å². The van der Waals surface area contributed by atoms with Crippen molar-refractivity contribution < 1.29 is 9.90 Å². The summed E-state index contributed by atoms with van der Waals surface area (Å²) in [6.07, 6.45) is 4.51. The third-order valence-corrected chi connectivity index (χ3v) is 2.97. The van der Waals surface area contributed by atoms with Crippen LogP contribution >= 0.6 is 0 Å². The van der Waals surface area contributed by atoms with Crippen LogP contribution in [0, 0.1) is 5.92 Å². The molecular formula is C11H18N4O2. The van der Waals surface area contributed by atoms with Crippen LogP contribution < -0.4 is 5.32 Å². The molecule has 0 aliphatic heterocycles. The maximum absolute atomic E-state index is 11.0. The van der Waals surface area contributed by atoms with Gasteiger partial charge in [-0.2, -0.15) is 5.10 Å². The second-order valence-electron chi connectivity index (χ2n) is 4.43. The SMILES string of the molecule is CCCn1ncnc1CNC(C(=O)O)C1CC1. The lowest BCUT2D eigenvalue weighted by Gasteiger charge is -2.13. The van der Waals surface area contributed by atoms with Gasteiger partial charge in [0, 0.05) is 6.54 Å². The molecule has 6 nitrogen and oxygen atoms in total. The van der Waals surface area contributed by atoms with Crippen molar-refractivity contribution in [1.29, 1.82) is 0 Å². The van der Waals surface area contributed by atoms with Gasteiger partial charge in [0.25, 0.3) is 0 Å². The highest BCUT2D eigenvalue weighted by atomic mass is 16.4. The fourth-order valence-electron chi connectivity index (χ4n) is 1.91. The summed E-state index contributed by atoms with van der Waals surface area (Å²) in [5.41, 5.74) is 0. The summed E-state index contributed by atoms with van der Waals surface area (Å²) in [7, 11) is 0. The van der Waals surface area contributed by atoms with E-state index in [0.717, 1.165) is 31.6 Å². The number of carbonyl (C=O) groups is 1. The number of nitrogens with zero attached hydrogens (tertiary/aromatic N) is 3. The molecule has 94 valence electrons. The van der Waals surface area contributed by atoms with Crippen molar-refractivity contribution in [3.05, 3.63) is 12.2 Å². The number of aryl methyl sites for hydroxylation is 1. The van der Waals surface area contributed by atoms with Crippen molar-refractivity contribution in [2.24, 2.45) is 5.92 Å². The van der Waals surface area contributed by atoms with Crippen LogP contribution in [0.5, 0.6) is 0 Å². The van der Waals surface area contributed by atoms with Gasteiger partial charge in [0.15, 0.2) is 0 Å². The molecule has 17 heavy (non-hydrogen) atoms. The summed E-state index contributed by atoms with van der Waals surface area (Å²) in [5, 5.41) is 16.2. The van der Waals surface area contributed by atoms with Crippen molar-refractivity contribution in [2.45, 2.75) is 45.3 Å². The summed E-state index contributed by atoms with van der Waals surface area (Å²) in [4.78, 5) is 15.2. The molecule has 2 rings (SSSR count). The van der Waals surface area contributed by atoms with E-state index in [4.69, 9.17) is 5.11 Å². The average molecular weight is 238 g/mol. The van der Waals surface area contributed by atoms with Gasteiger partial charge in [0.1, 0.15) is 18.2 Å². The fraction of sp³-hybridized carbons (Fsp3) is 0.727. The number of hydrogen-bond acceptors (Lipinski definition) is 4. The van der Waals surface area contributed by atoms with E-state index < -0.39 is 12.0 Å². The molecule has 1 atom stereocenters. The highest BCUT2D eigenvalue weighted by molar-refractivity contribution is 5.74. The van der Waals surface area contributed by atoms with E-state index in [9.17, 15) is 4.79 Å². The summed E-state index contributed by atoms with van der Waals surface area (Å²) in [5.74, 6) is 0.322. The molecule has 1 aromatic heterocycles. The van der Waals surface area contributed by atoms with Gasteiger partial charge in [-0.3, -0.25) is 10.1 Å². The van der Waals surface area contributed by atoms with Gasteiger partial charge in [-0.25, -0.2) is 9.67 Å². The molecule has 1 heterocycles. The summed E-state index contributed by atoms with van der Waals surface area (Å²) >= 11 is 0. The lowest BCUT2D eigenvalue weighted by atomic mass is 10.2. The molecular weight excluding hydrogens is 220 g/mol. The largest absolute Gasteiger partial charge is 0.480 e. The first-order valence-electron chi connectivity index (χ1n) is 6.05. The van der Waals surface area contributed by atoms with Gasteiger partial charge >= 0.3 is 5.97 Å². The number of hydrogen-bond donors (Lipinski definition) is 2. The first-order chi connectivity index (χ1) is 8.22. The van der Waals surface area contributed by atoms with Gasteiger partial charge in [0.2, 0.25) is 0 Å². The zero-order valence-electron chi connectivity index (χ0n) is 9.96. The summed E-state index contributed by atoms with van der Waals surface area (Å²) < 4.78 is 1.82. The van der Waals surface area contributed by atoms with Crippen LogP contribution in [0.15, 0.2) is 6.33 Å². The van der Waals surface area contributed by atoms with E-state index in [1.807, 2.05) is 4.68 Å². The minimum absolute atomic E-state index is 0.287. The molecule has 1 aromatic rings. The molecule has 6 heteroatoms. The van der Waals surface area contributed by atoms with Crippen molar-refractivity contribution in [2.75, 3.05) is 0 Å². The summed E-state index contributed by atoms with van der Waals surface area (Å²) in [6, 6.07) is -0.443. The highest BCUT2D eigenvalue weighted by Gasteiger charge is 2.35. The molecule has 2 N–H and O–H groups in total. The Balaban J connectivity index is 1.91. The number of aromatic nitrogens is 3. The van der Waals surface area contributed by atoms with Gasteiger partial charge in [-0.1, -0.05) is 6.92 Å². The maximum Gasteiger partial charge on any atom is 0.320 e. The molecule has 0 spiro atoms. The van der Waals surface area contributed by atoms with Gasteiger partial charge in [0.05, 0.1) is 6.54 Å². The standard InChI is InChI=1S/C11H18N4O2/c1-2-5-15-9(13-7-14-15)6-12-10(11(16)17)8-3-4-8/h7-8,10,12H,2-6H2,1H3,(H,16,17). The second-order valence-corrected chi connectivity index (χ2v) is 4.43. The minimum Gasteiger partial charge on any atom is -0.480 e. The van der Waals surface area contributed by atoms with Gasteiger partial charge in [-0.15, -0.1) is 0 Å². The highest BCUT2D eigenvalue weighted by Crippen LogP contribution is 2.32. The first kappa shape index (κ1) is 12.0. The predicted molar refractivity (Wildman–Crippen MR) is 61.3 cm³/mol. The molecule has 1 fully saturated rings. The zero-order chi connectivity index (χ0) is 12.3. The molecule has 0 amide bonds. The molecule has 1 aliphatic carbocycles. The van der Waals surface area contributed by atoms with E-state index in [2.05, 4.69) is 22.3 Å². The van der Waals surface area contributed by atoms with Crippen LogP contribution in [0.4, 0.5) is 0 Å². The molecule has 0 radical (unpaired) electrons. The zero-order valence-corrected chi connectivity index (χ0v) is 9.96. The van der Waals surface area contributed by atoms with Crippen LogP contribution in [0.2, 0.25) is 0 Å². The van der Waals surface area contributed by atoms with Crippen LogP contribution in [-0.4, -0.2) is 31.9 Å². The van der Waals surface area contributed by atoms with E-state index in [1.54, 1.807) is 0 Å². The number of rotatable bonds is 7. The molecule has 1 unspecified atom stereocenters. The van der Waals surface area contributed by atoms with Crippen molar-refractivity contribution in [3.63, 3.8) is 0 Å². The Bertz CT molecular complexity index is 387. The lowest BCUT2D eigenvalue weighted by molar-refractivity contribution is -0.140.